The van der Waals surface area contributed by atoms with Gasteiger partial charge in [-0.1, -0.05) is 0 Å². The molecule has 2 atom stereocenters. The lowest BCUT2D eigenvalue weighted by molar-refractivity contribution is -0.147. The van der Waals surface area contributed by atoms with Crippen LogP contribution in [0, 0.1) is 5.82 Å². The minimum atomic E-state index is -1.70. The summed E-state index contributed by atoms with van der Waals surface area (Å²) in [7, 11) is 0. The van der Waals surface area contributed by atoms with E-state index in [1.807, 2.05) is 5.32 Å². The number of amides is 2. The molecule has 0 radical (unpaired) electrons. The lowest BCUT2D eigenvalue weighted by atomic mass is 10.1. The fourth-order valence-electron chi connectivity index (χ4n) is 2.08. The highest BCUT2D eigenvalue weighted by molar-refractivity contribution is 5.94. The molecule has 5 N–H and O–H groups in total. The van der Waals surface area contributed by atoms with E-state index in [4.69, 9.17) is 15.3 Å². The summed E-state index contributed by atoms with van der Waals surface area (Å²) in [6.45, 7) is -0.207. The summed E-state index contributed by atoms with van der Waals surface area (Å²) in [5, 5.41) is 30.9. The van der Waals surface area contributed by atoms with E-state index in [1.54, 1.807) is 0 Å². The van der Waals surface area contributed by atoms with Gasteiger partial charge in [0.25, 0.3) is 5.91 Å². The maximum absolute atomic E-state index is 12.8. The molecule has 0 aliphatic rings. The van der Waals surface area contributed by atoms with Crippen molar-refractivity contribution >= 4 is 29.9 Å². The molecule has 29 heavy (non-hydrogen) atoms. The van der Waals surface area contributed by atoms with Crippen molar-refractivity contribution in [3.05, 3.63) is 35.6 Å². The Morgan fingerprint density at radius 1 is 0.966 bits per heavy atom. The molecule has 0 aliphatic heterocycles. The Kier molecular flexibility index (Phi) is 9.02. The zero-order valence-electron chi connectivity index (χ0n) is 15.0. The molecule has 158 valence electrons. The van der Waals surface area contributed by atoms with Crippen molar-refractivity contribution < 1.29 is 48.4 Å². The van der Waals surface area contributed by atoms with Gasteiger partial charge in [0, 0.05) is 24.9 Å². The Labute approximate surface area is 163 Å². The van der Waals surface area contributed by atoms with E-state index in [-0.39, 0.29) is 18.5 Å². The van der Waals surface area contributed by atoms with Crippen LogP contribution in [0.1, 0.15) is 29.6 Å². The molecule has 12 heteroatoms. The van der Waals surface area contributed by atoms with Gasteiger partial charge < -0.3 is 30.7 Å². The minimum Gasteiger partial charge on any atom is -0.481 e. The van der Waals surface area contributed by atoms with Crippen molar-refractivity contribution in [1.82, 2.24) is 10.6 Å². The van der Waals surface area contributed by atoms with Gasteiger partial charge in [-0.25, -0.2) is 18.8 Å². The highest BCUT2D eigenvalue weighted by Crippen LogP contribution is 2.05. The number of carboxylic acid groups (broad SMARTS) is 3. The summed E-state index contributed by atoms with van der Waals surface area (Å²) in [6.07, 6.45) is -4.35. The van der Waals surface area contributed by atoms with Crippen LogP contribution < -0.4 is 10.6 Å². The van der Waals surface area contributed by atoms with Gasteiger partial charge in [-0.3, -0.25) is 9.59 Å². The van der Waals surface area contributed by atoms with Crippen LogP contribution in [0.5, 0.6) is 0 Å². The molecule has 0 aromatic heterocycles. The van der Waals surface area contributed by atoms with E-state index >= 15 is 0 Å². The Hall–Kier alpha value is -3.70. The van der Waals surface area contributed by atoms with Crippen LogP contribution in [0.25, 0.3) is 0 Å². The van der Waals surface area contributed by atoms with Crippen molar-refractivity contribution in [1.29, 1.82) is 0 Å². The summed E-state index contributed by atoms with van der Waals surface area (Å²) in [4.78, 5) is 56.3. The maximum atomic E-state index is 12.8. The Morgan fingerprint density at radius 3 is 2.10 bits per heavy atom. The fourth-order valence-corrected chi connectivity index (χ4v) is 2.08. The van der Waals surface area contributed by atoms with Crippen LogP contribution in [0.3, 0.4) is 0 Å². The van der Waals surface area contributed by atoms with Crippen molar-refractivity contribution in [2.75, 3.05) is 6.54 Å². The molecule has 2 amide bonds. The van der Waals surface area contributed by atoms with Gasteiger partial charge in [0.1, 0.15) is 11.9 Å². The summed E-state index contributed by atoms with van der Waals surface area (Å²) >= 11 is 0. The number of halogens is 1. The van der Waals surface area contributed by atoms with Crippen LogP contribution in [-0.2, 0) is 19.1 Å². The maximum Gasteiger partial charge on any atom is 0.408 e. The Balaban J connectivity index is 2.54. The van der Waals surface area contributed by atoms with Crippen LogP contribution in [-0.4, -0.2) is 63.9 Å². The van der Waals surface area contributed by atoms with E-state index in [0.717, 1.165) is 12.1 Å². The number of carbonyl (C=O) groups is 5. The first-order chi connectivity index (χ1) is 13.6. The number of carboxylic acids is 3. The van der Waals surface area contributed by atoms with Crippen molar-refractivity contribution in [3.8, 4) is 0 Å². The number of hydrogen-bond donors (Lipinski definition) is 5. The smallest absolute Gasteiger partial charge is 0.408 e. The number of nitrogens with one attached hydrogen (secondary N) is 2. The lowest BCUT2D eigenvalue weighted by Gasteiger charge is -2.17. The summed E-state index contributed by atoms with van der Waals surface area (Å²) < 4.78 is 17.5. The zero-order chi connectivity index (χ0) is 22.0. The molecule has 0 bridgehead atoms. The molecular weight excluding hydrogens is 395 g/mol. The van der Waals surface area contributed by atoms with E-state index in [9.17, 15) is 28.4 Å². The van der Waals surface area contributed by atoms with Gasteiger partial charge in [0.2, 0.25) is 6.10 Å². The van der Waals surface area contributed by atoms with Crippen LogP contribution in [0.4, 0.5) is 9.18 Å². The topological polar surface area (TPSA) is 179 Å². The number of hydrogen-bond acceptors (Lipinski definition) is 6. The molecule has 1 aromatic carbocycles. The summed E-state index contributed by atoms with van der Waals surface area (Å²) in [5.74, 6) is -5.45. The average molecular weight is 414 g/mol. The van der Waals surface area contributed by atoms with E-state index in [0.29, 0.717) is 0 Å². The van der Waals surface area contributed by atoms with Gasteiger partial charge in [0.15, 0.2) is 0 Å². The van der Waals surface area contributed by atoms with Crippen molar-refractivity contribution in [2.24, 2.45) is 0 Å². The minimum absolute atomic E-state index is 0.139. The second kappa shape index (κ2) is 11.2. The molecule has 0 heterocycles. The zero-order valence-corrected chi connectivity index (χ0v) is 15.0. The molecule has 0 fully saturated rings. The van der Waals surface area contributed by atoms with Gasteiger partial charge in [-0.05, 0) is 30.7 Å². The highest BCUT2D eigenvalue weighted by atomic mass is 19.1. The van der Waals surface area contributed by atoms with E-state index in [2.05, 4.69) is 10.1 Å². The van der Waals surface area contributed by atoms with E-state index < -0.39 is 60.7 Å². The lowest BCUT2D eigenvalue weighted by Crippen LogP contribution is -2.44. The number of alkyl carbamates (subject to hydrolysis) is 1. The fraction of sp³-hybridized carbons (Fsp3) is 0.353. The number of carbonyl (C=O) groups excluding carboxylic acids is 2. The molecule has 1 aromatic rings. The van der Waals surface area contributed by atoms with Crippen molar-refractivity contribution in [2.45, 2.75) is 31.4 Å². The standard InChI is InChI=1S/C17H19FN2O9/c18-10-3-1-9(2-4-10)14(23)19-8-7-12(16(26)27)29-17(28)20-11(15(24)25)5-6-13(21)22/h1-4,11-12H,5-8H2,(H,19,23)(H,20,28)(H,21,22)(H,24,25)(H,26,27)/t11-,12-/m0/s1. The first kappa shape index (κ1) is 23.3. The second-order valence-electron chi connectivity index (χ2n) is 5.75. The van der Waals surface area contributed by atoms with Crippen molar-refractivity contribution in [3.63, 3.8) is 0 Å². The van der Waals surface area contributed by atoms with Crippen LogP contribution in [0.2, 0.25) is 0 Å². The largest absolute Gasteiger partial charge is 0.481 e. The van der Waals surface area contributed by atoms with Gasteiger partial charge in [0.05, 0.1) is 0 Å². The molecule has 0 spiro atoms. The summed E-state index contributed by atoms with van der Waals surface area (Å²) in [5.41, 5.74) is 0.139. The van der Waals surface area contributed by atoms with Crippen LogP contribution in [0.15, 0.2) is 24.3 Å². The average Bonchev–Trinajstić information content (AvgIpc) is 2.64. The highest BCUT2D eigenvalue weighted by Gasteiger charge is 2.26. The monoisotopic (exact) mass is 414 g/mol. The third kappa shape index (κ3) is 8.69. The van der Waals surface area contributed by atoms with Gasteiger partial charge in [-0.15, -0.1) is 0 Å². The number of benzene rings is 1. The summed E-state index contributed by atoms with van der Waals surface area (Å²) in [6, 6.07) is 3.03. The quantitative estimate of drug-likeness (QED) is 0.343. The SMILES string of the molecule is O=C(O)CC[C@H](NC(=O)O[C@@H](CCNC(=O)c1ccc(F)cc1)C(=O)O)C(=O)O. The van der Waals surface area contributed by atoms with Gasteiger partial charge in [-0.2, -0.15) is 0 Å². The molecule has 11 nitrogen and oxygen atoms in total. The van der Waals surface area contributed by atoms with Gasteiger partial charge >= 0.3 is 24.0 Å². The first-order valence-corrected chi connectivity index (χ1v) is 8.28. The predicted molar refractivity (Wildman–Crippen MR) is 92.7 cm³/mol. The molecule has 1 rings (SSSR count). The normalized spacial score (nSPS) is 12.3. The molecular formula is C17H19FN2O9. The Morgan fingerprint density at radius 2 is 1.59 bits per heavy atom. The number of ether oxygens (including phenoxy) is 1. The molecule has 0 saturated carbocycles. The third-order valence-corrected chi connectivity index (χ3v) is 3.56. The molecule has 0 aliphatic carbocycles. The molecule has 0 saturated heterocycles. The number of rotatable bonds is 11. The first-order valence-electron chi connectivity index (χ1n) is 8.28. The third-order valence-electron chi connectivity index (χ3n) is 3.56. The van der Waals surface area contributed by atoms with E-state index in [1.165, 1.54) is 12.1 Å². The Bertz CT molecular complexity index is 767. The number of aliphatic carboxylic acids is 3. The predicted octanol–water partition coefficient (Wildman–Crippen LogP) is 0.443. The van der Waals surface area contributed by atoms with Crippen LogP contribution >= 0.6 is 0 Å². The molecule has 0 unspecified atom stereocenters. The second-order valence-corrected chi connectivity index (χ2v) is 5.75.